The summed E-state index contributed by atoms with van der Waals surface area (Å²) < 4.78 is 22.4. The van der Waals surface area contributed by atoms with E-state index in [9.17, 15) is 0 Å². The third-order valence-corrected chi connectivity index (χ3v) is 5.60. The molecule has 1 rings (SSSR count). The molecular formula is C10H22O4Si. The molecule has 1 fully saturated rings. The van der Waals surface area contributed by atoms with Gasteiger partial charge < -0.3 is 18.0 Å². The highest BCUT2D eigenvalue weighted by Gasteiger charge is 2.44. The molecule has 5 heteroatoms. The second-order valence-corrected chi connectivity index (χ2v) is 6.23. The Hall–Kier alpha value is 0.0569. The fraction of sp³-hybridized carbons (Fsp3) is 1.00. The monoisotopic (exact) mass is 234 g/mol. The van der Waals surface area contributed by atoms with Crippen LogP contribution in [0.1, 0.15) is 20.8 Å². The number of rotatable bonds is 8. The van der Waals surface area contributed by atoms with Crippen molar-refractivity contribution in [2.75, 3.05) is 33.0 Å². The van der Waals surface area contributed by atoms with Crippen molar-refractivity contribution in [1.29, 1.82) is 0 Å². The predicted molar refractivity (Wildman–Crippen MR) is 59.7 cm³/mol. The molecule has 4 nitrogen and oxygen atoms in total. The molecule has 1 saturated heterocycles. The first-order valence-corrected chi connectivity index (χ1v) is 7.69. The molecule has 1 aliphatic heterocycles. The van der Waals surface area contributed by atoms with Crippen molar-refractivity contribution < 1.29 is 18.0 Å². The first-order valence-electron chi connectivity index (χ1n) is 5.76. The molecule has 1 aliphatic rings. The molecule has 90 valence electrons. The summed E-state index contributed by atoms with van der Waals surface area (Å²) in [4.78, 5) is 0. The average Bonchev–Trinajstić information content (AvgIpc) is 2.13. The Balaban J connectivity index is 2.51. The van der Waals surface area contributed by atoms with Crippen molar-refractivity contribution in [3.63, 3.8) is 0 Å². The zero-order valence-electron chi connectivity index (χ0n) is 9.95. The first kappa shape index (κ1) is 13.1. The van der Waals surface area contributed by atoms with E-state index in [0.29, 0.717) is 25.7 Å². The highest BCUT2D eigenvalue weighted by molar-refractivity contribution is 6.60. The zero-order valence-corrected chi connectivity index (χ0v) is 11.0. The fourth-order valence-corrected chi connectivity index (χ4v) is 4.58. The van der Waals surface area contributed by atoms with Gasteiger partial charge in [0, 0.05) is 31.8 Å². The van der Waals surface area contributed by atoms with Gasteiger partial charge in [0.25, 0.3) is 0 Å². The summed E-state index contributed by atoms with van der Waals surface area (Å²) >= 11 is 0. The molecule has 0 aromatic rings. The lowest BCUT2D eigenvalue weighted by molar-refractivity contribution is -0.0356. The molecule has 0 saturated carbocycles. The predicted octanol–water partition coefficient (Wildman–Crippen LogP) is 1.68. The van der Waals surface area contributed by atoms with Gasteiger partial charge >= 0.3 is 8.80 Å². The first-order chi connectivity index (χ1) is 7.26. The molecule has 0 amide bonds. The third-order valence-electron chi connectivity index (χ3n) is 2.34. The van der Waals surface area contributed by atoms with Gasteiger partial charge in [0.1, 0.15) is 0 Å². The minimum absolute atomic E-state index is 0.557. The van der Waals surface area contributed by atoms with Crippen molar-refractivity contribution in [2.24, 2.45) is 5.92 Å². The molecular weight excluding hydrogens is 212 g/mol. The lowest BCUT2D eigenvalue weighted by Gasteiger charge is -2.34. The molecule has 0 N–H and O–H groups in total. The Morgan fingerprint density at radius 1 is 1.00 bits per heavy atom. The minimum Gasteiger partial charge on any atom is -0.381 e. The Morgan fingerprint density at radius 3 is 1.73 bits per heavy atom. The topological polar surface area (TPSA) is 36.9 Å². The summed E-state index contributed by atoms with van der Waals surface area (Å²) in [5.41, 5.74) is 0. The maximum atomic E-state index is 5.76. The molecule has 0 aliphatic carbocycles. The van der Waals surface area contributed by atoms with Crippen LogP contribution in [0.2, 0.25) is 6.04 Å². The summed E-state index contributed by atoms with van der Waals surface area (Å²) in [6.07, 6.45) is 0. The van der Waals surface area contributed by atoms with E-state index in [4.69, 9.17) is 18.0 Å². The van der Waals surface area contributed by atoms with E-state index in [1.54, 1.807) is 0 Å². The van der Waals surface area contributed by atoms with Gasteiger partial charge in [-0.3, -0.25) is 0 Å². The van der Waals surface area contributed by atoms with Crippen LogP contribution in [0.25, 0.3) is 0 Å². The van der Waals surface area contributed by atoms with Gasteiger partial charge in [0.05, 0.1) is 13.2 Å². The normalized spacial score (nSPS) is 17.8. The minimum atomic E-state index is -2.41. The van der Waals surface area contributed by atoms with E-state index < -0.39 is 8.80 Å². The lowest BCUT2D eigenvalue weighted by Crippen LogP contribution is -2.50. The molecule has 0 radical (unpaired) electrons. The highest BCUT2D eigenvalue weighted by Crippen LogP contribution is 2.26. The van der Waals surface area contributed by atoms with Crippen molar-refractivity contribution in [1.82, 2.24) is 0 Å². The highest BCUT2D eigenvalue weighted by atomic mass is 28.4. The third kappa shape index (κ3) is 3.84. The van der Waals surface area contributed by atoms with Crippen LogP contribution in [0.15, 0.2) is 0 Å². The maximum Gasteiger partial charge on any atom is 0.501 e. The van der Waals surface area contributed by atoms with Crippen LogP contribution in [-0.4, -0.2) is 41.8 Å². The van der Waals surface area contributed by atoms with Crippen LogP contribution >= 0.6 is 0 Å². The van der Waals surface area contributed by atoms with E-state index in [1.807, 2.05) is 20.8 Å². The molecule has 0 atom stereocenters. The molecule has 1 heterocycles. The Labute approximate surface area is 93.2 Å². The van der Waals surface area contributed by atoms with Crippen molar-refractivity contribution in [3.05, 3.63) is 0 Å². The Bertz CT molecular complexity index is 156. The fourth-order valence-electron chi connectivity index (χ4n) is 1.72. The van der Waals surface area contributed by atoms with E-state index >= 15 is 0 Å². The van der Waals surface area contributed by atoms with Gasteiger partial charge in [-0.05, 0) is 20.8 Å². The van der Waals surface area contributed by atoms with Crippen LogP contribution in [0.5, 0.6) is 0 Å². The molecule has 0 unspecified atom stereocenters. The smallest absolute Gasteiger partial charge is 0.381 e. The van der Waals surface area contributed by atoms with E-state index in [-0.39, 0.29) is 0 Å². The van der Waals surface area contributed by atoms with Crippen LogP contribution in [-0.2, 0) is 18.0 Å². The van der Waals surface area contributed by atoms with Crippen molar-refractivity contribution in [2.45, 2.75) is 26.8 Å². The maximum absolute atomic E-state index is 5.76. The van der Waals surface area contributed by atoms with Gasteiger partial charge in [0.15, 0.2) is 0 Å². The van der Waals surface area contributed by atoms with Gasteiger partial charge in [-0.1, -0.05) is 0 Å². The van der Waals surface area contributed by atoms with E-state index in [1.165, 1.54) is 0 Å². The lowest BCUT2D eigenvalue weighted by atomic mass is 10.1. The standard InChI is InChI=1S/C10H22O4Si/c1-4-12-15(13-5-2,14-6-3)9-10-7-11-8-10/h10H,4-9H2,1-3H3. The second-order valence-electron chi connectivity index (χ2n) is 3.59. The summed E-state index contributed by atoms with van der Waals surface area (Å²) in [7, 11) is -2.41. The van der Waals surface area contributed by atoms with Crippen molar-refractivity contribution >= 4 is 8.80 Å². The largest absolute Gasteiger partial charge is 0.501 e. The molecule has 0 spiro atoms. The summed E-state index contributed by atoms with van der Waals surface area (Å²) in [5, 5.41) is 0. The van der Waals surface area contributed by atoms with Crippen LogP contribution in [0.4, 0.5) is 0 Å². The zero-order chi connectivity index (χ0) is 11.1. The van der Waals surface area contributed by atoms with Crippen molar-refractivity contribution in [3.8, 4) is 0 Å². The van der Waals surface area contributed by atoms with Crippen LogP contribution in [0, 0.1) is 5.92 Å². The Morgan fingerprint density at radius 2 is 1.47 bits per heavy atom. The van der Waals surface area contributed by atoms with Crippen LogP contribution < -0.4 is 0 Å². The van der Waals surface area contributed by atoms with Crippen LogP contribution in [0.3, 0.4) is 0 Å². The molecule has 0 aromatic carbocycles. The molecule has 0 aromatic heterocycles. The molecule has 15 heavy (non-hydrogen) atoms. The summed E-state index contributed by atoms with van der Waals surface area (Å²) in [6, 6.07) is 0.891. The van der Waals surface area contributed by atoms with E-state index in [0.717, 1.165) is 19.3 Å². The quantitative estimate of drug-likeness (QED) is 0.599. The SMILES string of the molecule is CCO[Si](CC1COC1)(OCC)OCC. The second kappa shape index (κ2) is 6.60. The summed E-state index contributed by atoms with van der Waals surface area (Å²) in [5.74, 6) is 0.557. The van der Waals surface area contributed by atoms with Gasteiger partial charge in [-0.2, -0.15) is 0 Å². The van der Waals surface area contributed by atoms with Gasteiger partial charge in [-0.25, -0.2) is 0 Å². The molecule has 0 bridgehead atoms. The number of hydrogen-bond donors (Lipinski definition) is 0. The van der Waals surface area contributed by atoms with Gasteiger partial charge in [-0.15, -0.1) is 0 Å². The summed E-state index contributed by atoms with van der Waals surface area (Å²) in [6.45, 7) is 9.55. The number of hydrogen-bond acceptors (Lipinski definition) is 4. The Kier molecular flexibility index (Phi) is 5.77. The average molecular weight is 234 g/mol. The number of ether oxygens (including phenoxy) is 1. The van der Waals surface area contributed by atoms with E-state index in [2.05, 4.69) is 0 Å². The van der Waals surface area contributed by atoms with Gasteiger partial charge in [0.2, 0.25) is 0 Å².